The Labute approximate surface area is 356 Å². The molecule has 0 bridgehead atoms. The van der Waals surface area contributed by atoms with E-state index in [1.54, 1.807) is 0 Å². The van der Waals surface area contributed by atoms with Crippen molar-refractivity contribution in [2.45, 2.75) is 12.0 Å². The van der Waals surface area contributed by atoms with Crippen molar-refractivity contribution in [2.75, 3.05) is 0 Å². The second kappa shape index (κ2) is 13.5. The Bertz CT molecular complexity index is 3570. The van der Waals surface area contributed by atoms with Crippen molar-refractivity contribution < 1.29 is 9.15 Å². The number of rotatable bonds is 5. The summed E-state index contributed by atoms with van der Waals surface area (Å²) in [5.41, 5.74) is 14.0. The third kappa shape index (κ3) is 5.21. The first-order chi connectivity index (χ1) is 30.3. The first kappa shape index (κ1) is 34.4. The molecule has 9 aromatic carbocycles. The molecule has 0 saturated carbocycles. The Kier molecular flexibility index (Phi) is 7.64. The van der Waals surface area contributed by atoms with E-state index in [9.17, 15) is 0 Å². The fraction of sp³-hybridized carbons (Fsp3) is 0.0345. The van der Waals surface area contributed by atoms with Gasteiger partial charge >= 0.3 is 0 Å². The van der Waals surface area contributed by atoms with E-state index in [1.807, 2.05) is 17.4 Å². The number of benzene rings is 9. The molecule has 3 heterocycles. The van der Waals surface area contributed by atoms with Gasteiger partial charge in [-0.2, -0.15) is 0 Å². The third-order valence-corrected chi connectivity index (χ3v) is 14.2. The molecule has 2 aromatic heterocycles. The van der Waals surface area contributed by atoms with Crippen molar-refractivity contribution in [3.63, 3.8) is 0 Å². The molecule has 13 rings (SSSR count). The molecule has 286 valence electrons. The molecule has 1 aliphatic carbocycles. The van der Waals surface area contributed by atoms with Crippen molar-refractivity contribution in [3.8, 4) is 38.4 Å². The highest BCUT2D eigenvalue weighted by Gasteiger charge is 2.41. The maximum absolute atomic E-state index is 7.24. The van der Waals surface area contributed by atoms with Gasteiger partial charge in [0.05, 0.1) is 0 Å². The first-order valence-corrected chi connectivity index (χ1v) is 21.8. The van der Waals surface area contributed by atoms with Crippen LogP contribution in [0.25, 0.3) is 97.4 Å². The molecule has 2 unspecified atom stereocenters. The molecule has 2 aliphatic rings. The molecule has 2 nitrogen and oxygen atoms in total. The number of thiophene rings is 1. The van der Waals surface area contributed by atoms with E-state index in [-0.39, 0.29) is 12.0 Å². The predicted octanol–water partition coefficient (Wildman–Crippen LogP) is 16.1. The van der Waals surface area contributed by atoms with E-state index < -0.39 is 0 Å². The highest BCUT2D eigenvalue weighted by Crippen LogP contribution is 2.56. The number of furan rings is 1. The lowest BCUT2D eigenvalue weighted by Crippen LogP contribution is -2.25. The first-order valence-electron chi connectivity index (χ1n) is 21.0. The van der Waals surface area contributed by atoms with Crippen LogP contribution >= 0.6 is 11.3 Å². The summed E-state index contributed by atoms with van der Waals surface area (Å²) in [6.45, 7) is 0. The molecule has 0 fully saturated rings. The second-order valence-corrected chi connectivity index (χ2v) is 17.2. The van der Waals surface area contributed by atoms with E-state index in [4.69, 9.17) is 9.15 Å². The molecular weight excluding hydrogens is 761 g/mol. The van der Waals surface area contributed by atoms with Gasteiger partial charge in [-0.25, -0.2) is 0 Å². The average molecular weight is 797 g/mol. The van der Waals surface area contributed by atoms with Crippen molar-refractivity contribution in [2.24, 2.45) is 0 Å². The van der Waals surface area contributed by atoms with Crippen LogP contribution in [0, 0.1) is 0 Å². The zero-order valence-electron chi connectivity index (χ0n) is 33.0. The molecule has 0 N–H and O–H groups in total. The van der Waals surface area contributed by atoms with Crippen molar-refractivity contribution in [1.29, 1.82) is 0 Å². The number of para-hydroxylation sites is 2. The van der Waals surface area contributed by atoms with E-state index in [2.05, 4.69) is 200 Å². The second-order valence-electron chi connectivity index (χ2n) is 16.2. The number of allylic oxidation sites excluding steroid dienone is 2. The van der Waals surface area contributed by atoms with Gasteiger partial charge in [-0.05, 0) is 84.8 Å². The third-order valence-electron chi connectivity index (χ3n) is 12.9. The van der Waals surface area contributed by atoms with Crippen LogP contribution in [-0.2, 0) is 0 Å². The van der Waals surface area contributed by atoms with Gasteiger partial charge in [-0.15, -0.1) is 11.3 Å². The summed E-state index contributed by atoms with van der Waals surface area (Å²) in [6, 6.07) is 70.0. The molecule has 61 heavy (non-hydrogen) atoms. The minimum absolute atomic E-state index is 0.0501. The number of fused-ring (bicyclic) bond motifs is 9. The Morgan fingerprint density at radius 1 is 0.426 bits per heavy atom. The van der Waals surface area contributed by atoms with Crippen molar-refractivity contribution >= 4 is 76.1 Å². The van der Waals surface area contributed by atoms with Crippen LogP contribution in [0.4, 0.5) is 0 Å². The summed E-state index contributed by atoms with van der Waals surface area (Å²) in [5, 5.41) is 8.52. The SMILES string of the molecule is C1=CC(c2c3ccccc3c(-c3ccccc3)c3ccccc23)C2Oc3ccccc3C2=C1c1c(-c2ccc3c(c2)oc2ccccc23)sc2c(-c3ccccc3)cccc12. The Morgan fingerprint density at radius 3 is 1.80 bits per heavy atom. The minimum atomic E-state index is -0.246. The van der Waals surface area contributed by atoms with E-state index in [0.717, 1.165) is 38.8 Å². The number of ether oxygens (including phenoxy) is 1. The van der Waals surface area contributed by atoms with Crippen LogP contribution in [0.3, 0.4) is 0 Å². The van der Waals surface area contributed by atoms with Crippen LogP contribution in [0.2, 0.25) is 0 Å². The smallest absolute Gasteiger partial charge is 0.136 e. The van der Waals surface area contributed by atoms with Gasteiger partial charge in [0, 0.05) is 48.4 Å². The summed E-state index contributed by atoms with van der Waals surface area (Å²) in [7, 11) is 0. The lowest BCUT2D eigenvalue weighted by Gasteiger charge is -2.30. The number of hydrogen-bond donors (Lipinski definition) is 0. The molecule has 3 heteroatoms. The van der Waals surface area contributed by atoms with Gasteiger partial charge in [-0.3, -0.25) is 0 Å². The lowest BCUT2D eigenvalue weighted by atomic mass is 9.75. The maximum Gasteiger partial charge on any atom is 0.136 e. The fourth-order valence-electron chi connectivity index (χ4n) is 10.3. The van der Waals surface area contributed by atoms with Crippen LogP contribution < -0.4 is 4.74 Å². The number of hydrogen-bond acceptors (Lipinski definition) is 3. The van der Waals surface area contributed by atoms with Gasteiger partial charge in [0.25, 0.3) is 0 Å². The van der Waals surface area contributed by atoms with Crippen LogP contribution in [0.5, 0.6) is 5.75 Å². The molecular formula is C58H36O2S. The molecule has 0 spiro atoms. The van der Waals surface area contributed by atoms with Crippen LogP contribution in [0.15, 0.2) is 211 Å². The van der Waals surface area contributed by atoms with Gasteiger partial charge in [0.1, 0.15) is 23.0 Å². The largest absolute Gasteiger partial charge is 0.484 e. The Balaban J connectivity index is 1.08. The maximum atomic E-state index is 7.24. The summed E-state index contributed by atoms with van der Waals surface area (Å²) in [6.07, 6.45) is 4.60. The molecule has 0 amide bonds. The quantitative estimate of drug-likeness (QED) is 0.162. The fourth-order valence-corrected chi connectivity index (χ4v) is 11.6. The van der Waals surface area contributed by atoms with E-state index in [0.29, 0.717) is 0 Å². The highest BCUT2D eigenvalue weighted by molar-refractivity contribution is 7.23. The van der Waals surface area contributed by atoms with Gasteiger partial charge in [0.2, 0.25) is 0 Å². The summed E-state index contributed by atoms with van der Waals surface area (Å²) in [5.74, 6) is 0.879. The lowest BCUT2D eigenvalue weighted by molar-refractivity contribution is 0.260. The van der Waals surface area contributed by atoms with E-state index in [1.165, 1.54) is 81.0 Å². The molecule has 1 aliphatic heterocycles. The summed E-state index contributed by atoms with van der Waals surface area (Å²) < 4.78 is 15.0. The Morgan fingerprint density at radius 2 is 1.03 bits per heavy atom. The molecule has 0 radical (unpaired) electrons. The molecule has 11 aromatic rings. The van der Waals surface area contributed by atoms with Gasteiger partial charge in [-0.1, -0.05) is 182 Å². The standard InChI is InChI=1S/C58H36O2S/c1-3-16-35(17-4-1)38-26-15-27-48-55(57(61-58(38)48)37-30-31-40-39-20-11-13-28-49(39)59-51(40)34-37)46-32-33-47(56-54(46)45-25-12-14-29-50(45)60-56)53-43-23-9-7-21-41(43)52(36-18-5-2-6-19-36)42-22-8-10-24-44(42)53/h1-34,47,56H. The molecule has 2 atom stereocenters. The van der Waals surface area contributed by atoms with Crippen molar-refractivity contribution in [3.05, 3.63) is 223 Å². The monoisotopic (exact) mass is 796 g/mol. The minimum Gasteiger partial charge on any atom is -0.484 e. The van der Waals surface area contributed by atoms with Crippen molar-refractivity contribution in [1.82, 2.24) is 0 Å². The van der Waals surface area contributed by atoms with E-state index >= 15 is 0 Å². The molecule has 0 saturated heterocycles. The van der Waals surface area contributed by atoms with Crippen LogP contribution in [-0.4, -0.2) is 6.10 Å². The average Bonchev–Trinajstić information content (AvgIpc) is 4.03. The van der Waals surface area contributed by atoms with Crippen LogP contribution in [0.1, 0.15) is 22.6 Å². The van der Waals surface area contributed by atoms with Gasteiger partial charge < -0.3 is 9.15 Å². The predicted molar refractivity (Wildman–Crippen MR) is 256 cm³/mol. The van der Waals surface area contributed by atoms with Gasteiger partial charge in [0.15, 0.2) is 0 Å². The zero-order valence-corrected chi connectivity index (χ0v) is 33.8. The summed E-state index contributed by atoms with van der Waals surface area (Å²) >= 11 is 1.87. The summed E-state index contributed by atoms with van der Waals surface area (Å²) in [4.78, 5) is 1.22. The zero-order chi connectivity index (χ0) is 40.0. The topological polar surface area (TPSA) is 22.4 Å². The highest BCUT2D eigenvalue weighted by atomic mass is 32.1. The normalized spacial score (nSPS) is 15.9. The Hall–Kier alpha value is -7.46.